The lowest BCUT2D eigenvalue weighted by Gasteiger charge is -2.22. The van der Waals surface area contributed by atoms with E-state index in [4.69, 9.17) is 30.4 Å². The molecular formula is C15H22N2O8. The van der Waals surface area contributed by atoms with Crippen molar-refractivity contribution in [2.75, 3.05) is 13.2 Å². The number of esters is 2. The maximum absolute atomic E-state index is 11.4. The summed E-state index contributed by atoms with van der Waals surface area (Å²) < 4.78 is 19.3. The fourth-order valence-corrected chi connectivity index (χ4v) is 1.51. The molecule has 0 heterocycles. The minimum Gasteiger partial charge on any atom is -0.458 e. The molecule has 0 bridgehead atoms. The molecule has 10 nitrogen and oxygen atoms in total. The normalized spacial score (nSPS) is 12.2. The molecule has 0 aliphatic rings. The first-order chi connectivity index (χ1) is 11.5. The van der Waals surface area contributed by atoms with E-state index in [0.717, 1.165) is 0 Å². The van der Waals surface area contributed by atoms with Gasteiger partial charge in [-0.15, -0.1) is 0 Å². The Morgan fingerprint density at radius 1 is 0.800 bits per heavy atom. The third-order valence-electron chi connectivity index (χ3n) is 2.59. The standard InChI is InChI=1S/C15H22N2O8/c1-8(2)12(18)22-6-10(24-14(16)20)5-11(25-15(17)21)7-23-13(19)9(3)4/h10-11H,1,3,5-7H2,2,4H3,(H2,16,20)(H2,17,21). The molecule has 10 heteroatoms. The smallest absolute Gasteiger partial charge is 0.404 e. The summed E-state index contributed by atoms with van der Waals surface area (Å²) in [6, 6.07) is 0. The van der Waals surface area contributed by atoms with Crippen molar-refractivity contribution in [2.45, 2.75) is 32.5 Å². The van der Waals surface area contributed by atoms with Gasteiger partial charge in [0.25, 0.3) is 0 Å². The third kappa shape index (κ3) is 10.4. The highest BCUT2D eigenvalue weighted by Gasteiger charge is 2.25. The van der Waals surface area contributed by atoms with Crippen LogP contribution in [-0.4, -0.2) is 49.5 Å². The van der Waals surface area contributed by atoms with Gasteiger partial charge in [0, 0.05) is 17.6 Å². The molecular weight excluding hydrogens is 336 g/mol. The zero-order valence-electron chi connectivity index (χ0n) is 14.1. The molecule has 2 amide bonds. The molecule has 25 heavy (non-hydrogen) atoms. The van der Waals surface area contributed by atoms with Gasteiger partial charge in [-0.05, 0) is 13.8 Å². The number of nitrogens with two attached hydrogens (primary N) is 2. The van der Waals surface area contributed by atoms with E-state index in [0.29, 0.717) is 0 Å². The monoisotopic (exact) mass is 358 g/mol. The summed E-state index contributed by atoms with van der Waals surface area (Å²) >= 11 is 0. The van der Waals surface area contributed by atoms with Gasteiger partial charge in [0.05, 0.1) is 0 Å². The van der Waals surface area contributed by atoms with Gasteiger partial charge < -0.3 is 30.4 Å². The Morgan fingerprint density at radius 3 is 1.36 bits per heavy atom. The predicted octanol–water partition coefficient (Wildman–Crippen LogP) is 0.543. The first kappa shape index (κ1) is 22.0. The SMILES string of the molecule is C=C(C)C(=O)OCC(CC(COC(=O)C(=C)C)OC(N)=O)OC(N)=O. The maximum Gasteiger partial charge on any atom is 0.404 e. The predicted molar refractivity (Wildman–Crippen MR) is 85.1 cm³/mol. The second kappa shape index (κ2) is 10.7. The summed E-state index contributed by atoms with van der Waals surface area (Å²) in [5.41, 5.74) is 10.2. The first-order valence-corrected chi connectivity index (χ1v) is 7.10. The van der Waals surface area contributed by atoms with Gasteiger partial charge in [0.15, 0.2) is 0 Å². The molecule has 0 saturated heterocycles. The molecule has 0 aromatic heterocycles. The van der Waals surface area contributed by atoms with Crippen molar-refractivity contribution in [3.8, 4) is 0 Å². The van der Waals surface area contributed by atoms with E-state index in [-0.39, 0.29) is 30.8 Å². The van der Waals surface area contributed by atoms with Crippen molar-refractivity contribution in [1.82, 2.24) is 0 Å². The molecule has 0 rings (SSSR count). The Kier molecular flexibility index (Phi) is 9.38. The number of hydrogen-bond donors (Lipinski definition) is 2. The number of primary amides is 2. The lowest BCUT2D eigenvalue weighted by molar-refractivity contribution is -0.144. The second-order valence-corrected chi connectivity index (χ2v) is 5.11. The summed E-state index contributed by atoms with van der Waals surface area (Å²) in [6.07, 6.45) is -4.57. The number of amides is 2. The quantitative estimate of drug-likeness (QED) is 0.325. The van der Waals surface area contributed by atoms with E-state index in [2.05, 4.69) is 13.2 Å². The van der Waals surface area contributed by atoms with E-state index in [9.17, 15) is 19.2 Å². The molecule has 0 saturated carbocycles. The molecule has 0 spiro atoms. The van der Waals surface area contributed by atoms with Crippen LogP contribution in [0.15, 0.2) is 24.3 Å². The van der Waals surface area contributed by atoms with Gasteiger partial charge in [-0.3, -0.25) is 0 Å². The van der Waals surface area contributed by atoms with Crippen LogP contribution in [0, 0.1) is 0 Å². The number of hydrogen-bond acceptors (Lipinski definition) is 8. The molecule has 0 aromatic rings. The van der Waals surface area contributed by atoms with Crippen LogP contribution in [0.1, 0.15) is 20.3 Å². The first-order valence-electron chi connectivity index (χ1n) is 7.10. The molecule has 0 aromatic carbocycles. The van der Waals surface area contributed by atoms with E-state index < -0.39 is 36.3 Å². The molecule has 2 unspecified atom stereocenters. The summed E-state index contributed by atoms with van der Waals surface area (Å²) in [4.78, 5) is 44.7. The maximum atomic E-state index is 11.4. The topological polar surface area (TPSA) is 157 Å². The highest BCUT2D eigenvalue weighted by molar-refractivity contribution is 5.87. The fraction of sp³-hybridized carbons (Fsp3) is 0.467. The van der Waals surface area contributed by atoms with Crippen LogP contribution in [0.5, 0.6) is 0 Å². The van der Waals surface area contributed by atoms with Crippen molar-refractivity contribution in [2.24, 2.45) is 11.5 Å². The minimum absolute atomic E-state index is 0.137. The van der Waals surface area contributed by atoms with Gasteiger partial charge in [0.2, 0.25) is 0 Å². The highest BCUT2D eigenvalue weighted by atomic mass is 16.6. The van der Waals surface area contributed by atoms with E-state index >= 15 is 0 Å². The lowest BCUT2D eigenvalue weighted by Crippen LogP contribution is -2.36. The van der Waals surface area contributed by atoms with E-state index in [1.165, 1.54) is 13.8 Å². The lowest BCUT2D eigenvalue weighted by atomic mass is 10.1. The minimum atomic E-state index is -1.13. The molecule has 0 fully saturated rings. The third-order valence-corrected chi connectivity index (χ3v) is 2.59. The van der Waals surface area contributed by atoms with E-state index in [1.807, 2.05) is 0 Å². The van der Waals surface area contributed by atoms with Crippen LogP contribution >= 0.6 is 0 Å². The zero-order valence-corrected chi connectivity index (χ0v) is 14.1. The van der Waals surface area contributed by atoms with Gasteiger partial charge >= 0.3 is 24.1 Å². The number of carbonyl (C=O) groups excluding carboxylic acids is 4. The molecule has 0 aliphatic carbocycles. The van der Waals surface area contributed by atoms with Crippen LogP contribution in [0.2, 0.25) is 0 Å². The molecule has 4 N–H and O–H groups in total. The van der Waals surface area contributed by atoms with Gasteiger partial charge in [0.1, 0.15) is 25.4 Å². The van der Waals surface area contributed by atoms with Crippen molar-refractivity contribution >= 4 is 24.1 Å². The van der Waals surface area contributed by atoms with Crippen molar-refractivity contribution in [3.05, 3.63) is 24.3 Å². The molecule has 0 radical (unpaired) electrons. The Bertz CT molecular complexity index is 510. The fourth-order valence-electron chi connectivity index (χ4n) is 1.51. The van der Waals surface area contributed by atoms with Crippen molar-refractivity contribution < 1.29 is 38.1 Å². The highest BCUT2D eigenvalue weighted by Crippen LogP contribution is 2.10. The summed E-state index contributed by atoms with van der Waals surface area (Å²) in [6.45, 7) is 8.92. The molecule has 2 atom stereocenters. The summed E-state index contributed by atoms with van der Waals surface area (Å²) in [5.74, 6) is -1.42. The number of carbonyl (C=O) groups is 4. The van der Waals surface area contributed by atoms with E-state index in [1.54, 1.807) is 0 Å². The van der Waals surface area contributed by atoms with Crippen LogP contribution in [0.3, 0.4) is 0 Å². The Labute approximate surface area is 144 Å². The second-order valence-electron chi connectivity index (χ2n) is 5.11. The Hall–Kier alpha value is -3.04. The van der Waals surface area contributed by atoms with Crippen LogP contribution in [0.25, 0.3) is 0 Å². The average Bonchev–Trinajstić information content (AvgIpc) is 2.47. The Morgan fingerprint density at radius 2 is 1.12 bits per heavy atom. The molecule has 140 valence electrons. The van der Waals surface area contributed by atoms with Gasteiger partial charge in [-0.25, -0.2) is 19.2 Å². The Balaban J connectivity index is 4.90. The number of rotatable bonds is 10. The molecule has 0 aliphatic heterocycles. The van der Waals surface area contributed by atoms with Crippen molar-refractivity contribution in [1.29, 1.82) is 0 Å². The number of ether oxygens (including phenoxy) is 4. The van der Waals surface area contributed by atoms with Crippen LogP contribution < -0.4 is 11.5 Å². The van der Waals surface area contributed by atoms with Gasteiger partial charge in [-0.1, -0.05) is 13.2 Å². The average molecular weight is 358 g/mol. The van der Waals surface area contributed by atoms with Gasteiger partial charge in [-0.2, -0.15) is 0 Å². The largest absolute Gasteiger partial charge is 0.458 e. The van der Waals surface area contributed by atoms with Crippen LogP contribution in [0.4, 0.5) is 9.59 Å². The van der Waals surface area contributed by atoms with Crippen molar-refractivity contribution in [3.63, 3.8) is 0 Å². The zero-order chi connectivity index (χ0) is 19.6. The van der Waals surface area contributed by atoms with Crippen LogP contribution in [-0.2, 0) is 28.5 Å². The summed E-state index contributed by atoms with van der Waals surface area (Å²) in [5, 5.41) is 0. The summed E-state index contributed by atoms with van der Waals surface area (Å²) in [7, 11) is 0.